The second-order valence-corrected chi connectivity index (χ2v) is 5.92. The standard InChI is InChI=1S/C19H10ClFN4O2/c20-16-3-1-13(8-14-2-4-17(26)25-24-14)18(21)19(16)27-15-6-11(9-22)5-12(7-15)10-23/h1-7H,8H2,(H,25,26). The van der Waals surface area contributed by atoms with Crippen molar-refractivity contribution in [3.05, 3.63) is 86.0 Å². The van der Waals surface area contributed by atoms with Gasteiger partial charge in [0.15, 0.2) is 11.6 Å². The first kappa shape index (κ1) is 18.1. The summed E-state index contributed by atoms with van der Waals surface area (Å²) in [5, 5.41) is 24.2. The summed E-state index contributed by atoms with van der Waals surface area (Å²) in [5.41, 5.74) is 0.763. The van der Waals surface area contributed by atoms with Crippen LogP contribution in [0.4, 0.5) is 4.39 Å². The normalized spacial score (nSPS) is 10.1. The fourth-order valence-electron chi connectivity index (χ4n) is 2.38. The Balaban J connectivity index is 1.97. The molecule has 0 aliphatic heterocycles. The zero-order chi connectivity index (χ0) is 19.4. The van der Waals surface area contributed by atoms with Gasteiger partial charge in [0.05, 0.1) is 34.0 Å². The second-order valence-electron chi connectivity index (χ2n) is 5.51. The van der Waals surface area contributed by atoms with Gasteiger partial charge in [-0.3, -0.25) is 4.79 Å². The molecule has 132 valence electrons. The number of hydrogen-bond donors (Lipinski definition) is 1. The minimum atomic E-state index is -0.698. The quantitative estimate of drug-likeness (QED) is 0.743. The Labute approximate surface area is 158 Å². The van der Waals surface area contributed by atoms with Gasteiger partial charge in [0, 0.05) is 12.5 Å². The van der Waals surface area contributed by atoms with Crippen molar-refractivity contribution in [1.29, 1.82) is 10.5 Å². The van der Waals surface area contributed by atoms with E-state index in [4.69, 9.17) is 26.9 Å². The van der Waals surface area contributed by atoms with E-state index < -0.39 is 5.82 Å². The molecule has 0 fully saturated rings. The van der Waals surface area contributed by atoms with Crippen LogP contribution in [0.5, 0.6) is 11.5 Å². The van der Waals surface area contributed by atoms with E-state index in [1.807, 2.05) is 12.1 Å². The van der Waals surface area contributed by atoms with Crippen LogP contribution in [0.25, 0.3) is 0 Å². The minimum Gasteiger partial charge on any atom is -0.453 e. The van der Waals surface area contributed by atoms with Crippen molar-refractivity contribution in [2.45, 2.75) is 6.42 Å². The van der Waals surface area contributed by atoms with Crippen molar-refractivity contribution in [3.63, 3.8) is 0 Å². The molecule has 8 heteroatoms. The number of nitrogens with zero attached hydrogens (tertiary/aromatic N) is 3. The average Bonchev–Trinajstić information content (AvgIpc) is 2.68. The Bertz CT molecular complexity index is 1110. The van der Waals surface area contributed by atoms with Gasteiger partial charge in [-0.2, -0.15) is 15.6 Å². The number of nitriles is 2. The van der Waals surface area contributed by atoms with E-state index in [2.05, 4.69) is 10.2 Å². The summed E-state index contributed by atoms with van der Waals surface area (Å²) >= 11 is 6.06. The van der Waals surface area contributed by atoms with E-state index in [1.165, 1.54) is 42.5 Å². The lowest BCUT2D eigenvalue weighted by Gasteiger charge is -2.12. The van der Waals surface area contributed by atoms with Crippen LogP contribution >= 0.6 is 11.6 Å². The summed E-state index contributed by atoms with van der Waals surface area (Å²) < 4.78 is 20.4. The number of nitrogens with one attached hydrogen (secondary N) is 1. The minimum absolute atomic E-state index is 0.0338. The number of H-pyrrole nitrogens is 1. The highest BCUT2D eigenvalue weighted by Crippen LogP contribution is 2.35. The predicted octanol–water partition coefficient (Wildman–Crippen LogP) is 3.69. The highest BCUT2D eigenvalue weighted by molar-refractivity contribution is 6.32. The molecule has 6 nitrogen and oxygen atoms in total. The molecule has 0 saturated carbocycles. The first-order valence-corrected chi connectivity index (χ1v) is 8.02. The molecule has 1 aromatic heterocycles. The van der Waals surface area contributed by atoms with Crippen molar-refractivity contribution in [1.82, 2.24) is 10.2 Å². The number of ether oxygens (including phenoxy) is 1. The highest BCUT2D eigenvalue weighted by atomic mass is 35.5. The highest BCUT2D eigenvalue weighted by Gasteiger charge is 2.16. The van der Waals surface area contributed by atoms with E-state index in [-0.39, 0.29) is 45.2 Å². The lowest BCUT2D eigenvalue weighted by molar-refractivity contribution is 0.439. The monoisotopic (exact) mass is 380 g/mol. The maximum Gasteiger partial charge on any atom is 0.264 e. The SMILES string of the molecule is N#Cc1cc(C#N)cc(Oc2c(Cl)ccc(Cc3ccc(=O)[nH]n3)c2F)c1. The van der Waals surface area contributed by atoms with Crippen LogP contribution in [0, 0.1) is 28.5 Å². The van der Waals surface area contributed by atoms with E-state index in [0.29, 0.717) is 5.69 Å². The Kier molecular flexibility index (Phi) is 5.16. The Morgan fingerprint density at radius 1 is 1.11 bits per heavy atom. The van der Waals surface area contributed by atoms with Crippen LogP contribution in [0.3, 0.4) is 0 Å². The van der Waals surface area contributed by atoms with Crippen molar-refractivity contribution in [3.8, 4) is 23.6 Å². The zero-order valence-electron chi connectivity index (χ0n) is 13.7. The fraction of sp³-hybridized carbons (Fsp3) is 0.0526. The Morgan fingerprint density at radius 3 is 2.41 bits per heavy atom. The summed E-state index contributed by atoms with van der Waals surface area (Å²) in [4.78, 5) is 11.1. The van der Waals surface area contributed by atoms with Gasteiger partial charge in [-0.15, -0.1) is 0 Å². The van der Waals surface area contributed by atoms with Crippen LogP contribution in [0.2, 0.25) is 5.02 Å². The molecule has 0 unspecified atom stereocenters. The largest absolute Gasteiger partial charge is 0.453 e. The number of halogens is 2. The Hall–Kier alpha value is -3.68. The third-order valence-corrected chi connectivity index (χ3v) is 3.92. The van der Waals surface area contributed by atoms with Gasteiger partial charge in [-0.1, -0.05) is 17.7 Å². The zero-order valence-corrected chi connectivity index (χ0v) is 14.4. The van der Waals surface area contributed by atoms with Gasteiger partial charge < -0.3 is 4.74 Å². The molecule has 0 bridgehead atoms. The first-order chi connectivity index (χ1) is 13.0. The van der Waals surface area contributed by atoms with Gasteiger partial charge in [0.2, 0.25) is 0 Å². The maximum atomic E-state index is 14.9. The van der Waals surface area contributed by atoms with Gasteiger partial charge >= 0.3 is 0 Å². The molecule has 0 spiro atoms. The topological polar surface area (TPSA) is 103 Å². The molecule has 3 rings (SSSR count). The third kappa shape index (κ3) is 4.12. The van der Waals surface area contributed by atoms with Gasteiger partial charge in [-0.05, 0) is 35.9 Å². The maximum absolute atomic E-state index is 14.9. The van der Waals surface area contributed by atoms with Crippen LogP contribution in [-0.2, 0) is 6.42 Å². The molecule has 1 N–H and O–H groups in total. The molecule has 2 aromatic carbocycles. The van der Waals surface area contributed by atoms with Crippen molar-refractivity contribution in [2.75, 3.05) is 0 Å². The molecule has 0 aliphatic rings. The molecular formula is C19H10ClFN4O2. The first-order valence-electron chi connectivity index (χ1n) is 7.65. The van der Waals surface area contributed by atoms with Crippen molar-refractivity contribution < 1.29 is 9.13 Å². The molecule has 27 heavy (non-hydrogen) atoms. The second kappa shape index (κ2) is 7.69. The summed E-state index contributed by atoms with van der Waals surface area (Å²) in [5.74, 6) is -0.806. The van der Waals surface area contributed by atoms with Crippen LogP contribution in [0.15, 0.2) is 47.3 Å². The van der Waals surface area contributed by atoms with Crippen LogP contribution in [-0.4, -0.2) is 10.2 Å². The van der Waals surface area contributed by atoms with Gasteiger partial charge in [0.1, 0.15) is 5.75 Å². The van der Waals surface area contributed by atoms with Crippen LogP contribution < -0.4 is 10.3 Å². The molecule has 1 heterocycles. The molecular weight excluding hydrogens is 371 g/mol. The fourth-order valence-corrected chi connectivity index (χ4v) is 2.56. The number of benzene rings is 2. The van der Waals surface area contributed by atoms with E-state index in [9.17, 15) is 9.18 Å². The van der Waals surface area contributed by atoms with Gasteiger partial charge in [0.25, 0.3) is 5.56 Å². The summed E-state index contributed by atoms with van der Waals surface area (Å²) in [6, 6.07) is 13.7. The molecule has 0 aliphatic carbocycles. The molecule has 0 atom stereocenters. The number of aromatic nitrogens is 2. The summed E-state index contributed by atoms with van der Waals surface area (Å²) in [7, 11) is 0. The number of rotatable bonds is 4. The lowest BCUT2D eigenvalue weighted by atomic mass is 10.1. The van der Waals surface area contributed by atoms with E-state index in [1.54, 1.807) is 0 Å². The average molecular weight is 381 g/mol. The number of hydrogen-bond acceptors (Lipinski definition) is 5. The van der Waals surface area contributed by atoms with E-state index >= 15 is 0 Å². The smallest absolute Gasteiger partial charge is 0.264 e. The molecule has 0 amide bonds. The van der Waals surface area contributed by atoms with E-state index in [0.717, 1.165) is 0 Å². The lowest BCUT2D eigenvalue weighted by Crippen LogP contribution is -2.08. The summed E-state index contributed by atoms with van der Waals surface area (Å²) in [6.45, 7) is 0. The molecule has 0 radical (unpaired) electrons. The molecule has 0 saturated heterocycles. The Morgan fingerprint density at radius 2 is 1.81 bits per heavy atom. The van der Waals surface area contributed by atoms with Crippen molar-refractivity contribution >= 4 is 11.6 Å². The predicted molar refractivity (Wildman–Crippen MR) is 95.0 cm³/mol. The summed E-state index contributed by atoms with van der Waals surface area (Å²) in [6.07, 6.45) is 0.109. The third-order valence-electron chi connectivity index (χ3n) is 3.62. The van der Waals surface area contributed by atoms with Gasteiger partial charge in [-0.25, -0.2) is 9.49 Å². The van der Waals surface area contributed by atoms with Crippen molar-refractivity contribution in [2.24, 2.45) is 0 Å². The molecule has 3 aromatic rings. The number of aromatic amines is 1. The van der Waals surface area contributed by atoms with Crippen LogP contribution in [0.1, 0.15) is 22.4 Å².